The fraction of sp³-hybridized carbons (Fsp3) is 0.364. The lowest BCUT2D eigenvalue weighted by molar-refractivity contribution is 0.815. The Hall–Kier alpha value is -1.49. The molecule has 0 unspecified atom stereocenters. The number of aromatic nitrogens is 2. The van der Waals surface area contributed by atoms with Crippen LogP contribution in [0, 0.1) is 12.4 Å². The van der Waals surface area contributed by atoms with E-state index in [1.807, 2.05) is 4.57 Å². The van der Waals surface area contributed by atoms with Crippen LogP contribution in [0.4, 0.5) is 0 Å². The summed E-state index contributed by atoms with van der Waals surface area (Å²) in [4.78, 5) is 3.79. The second-order valence-corrected chi connectivity index (χ2v) is 2.74. The molecule has 0 saturated carbocycles. The van der Waals surface area contributed by atoms with Crippen molar-refractivity contribution in [3.63, 3.8) is 0 Å². The van der Waals surface area contributed by atoms with Gasteiger partial charge in [0.2, 0.25) is 0 Å². The number of rotatable bonds is 4. The highest BCUT2D eigenvalue weighted by atomic mass is 15.0. The maximum absolute atomic E-state index is 3.79. The number of allylic oxidation sites excluding steroid dienone is 4. The van der Waals surface area contributed by atoms with Gasteiger partial charge < -0.3 is 0 Å². The van der Waals surface area contributed by atoms with E-state index < -0.39 is 0 Å². The van der Waals surface area contributed by atoms with Gasteiger partial charge in [0.1, 0.15) is 6.33 Å². The van der Waals surface area contributed by atoms with Gasteiger partial charge in [-0.25, -0.2) is 0 Å². The predicted octanol–water partition coefficient (Wildman–Crippen LogP) is 2.40. The van der Waals surface area contributed by atoms with Crippen molar-refractivity contribution in [1.29, 1.82) is 0 Å². The molecule has 0 aliphatic carbocycles. The SMILES string of the molecule is C/C=C(\C=C/Cn1c#cnc1)CC. The highest BCUT2D eigenvalue weighted by Crippen LogP contribution is 2.01. The van der Waals surface area contributed by atoms with Crippen LogP contribution in [-0.4, -0.2) is 9.55 Å². The summed E-state index contributed by atoms with van der Waals surface area (Å²) in [5.41, 5.74) is 1.35. The first-order valence-corrected chi connectivity index (χ1v) is 4.49. The Morgan fingerprint density at radius 2 is 2.46 bits per heavy atom. The molecule has 0 radical (unpaired) electrons. The molecule has 0 aromatic carbocycles. The summed E-state index contributed by atoms with van der Waals surface area (Å²) in [5, 5.41) is 0. The van der Waals surface area contributed by atoms with Crippen LogP contribution in [0.3, 0.4) is 0 Å². The van der Waals surface area contributed by atoms with Gasteiger partial charge in [-0.15, -0.1) is 0 Å². The fourth-order valence-electron chi connectivity index (χ4n) is 1.05. The largest absolute Gasteiger partial charge is 0.286 e. The molecule has 0 bridgehead atoms. The molecule has 13 heavy (non-hydrogen) atoms. The Morgan fingerprint density at radius 3 is 3.00 bits per heavy atom. The summed E-state index contributed by atoms with van der Waals surface area (Å²) < 4.78 is 1.86. The molecule has 1 aromatic rings. The van der Waals surface area contributed by atoms with Crippen molar-refractivity contribution in [3.05, 3.63) is 42.5 Å². The summed E-state index contributed by atoms with van der Waals surface area (Å²) in [6, 6.07) is 0. The minimum Gasteiger partial charge on any atom is -0.286 e. The molecule has 0 aliphatic rings. The molecule has 0 saturated heterocycles. The van der Waals surface area contributed by atoms with E-state index in [-0.39, 0.29) is 0 Å². The van der Waals surface area contributed by atoms with Crippen molar-refractivity contribution in [3.8, 4) is 0 Å². The Bertz CT molecular complexity index is 281. The zero-order chi connectivity index (χ0) is 9.52. The average Bonchev–Trinajstić information content (AvgIpc) is 2.65. The molecule has 1 heterocycles. The van der Waals surface area contributed by atoms with Gasteiger partial charge in [-0.1, -0.05) is 30.7 Å². The molecule has 0 amide bonds. The Kier molecular flexibility index (Phi) is 3.84. The van der Waals surface area contributed by atoms with E-state index in [0.29, 0.717) is 0 Å². The van der Waals surface area contributed by atoms with Gasteiger partial charge in [-0.2, -0.15) is 4.98 Å². The highest BCUT2D eigenvalue weighted by Gasteiger charge is 1.85. The van der Waals surface area contributed by atoms with Crippen LogP contribution in [0.1, 0.15) is 20.3 Å². The number of hydrogen-bond acceptors (Lipinski definition) is 1. The lowest BCUT2D eigenvalue weighted by atomic mass is 10.2. The van der Waals surface area contributed by atoms with E-state index in [1.54, 1.807) is 6.33 Å². The van der Waals surface area contributed by atoms with Crippen LogP contribution in [0.15, 0.2) is 30.1 Å². The van der Waals surface area contributed by atoms with Crippen LogP contribution in [0.2, 0.25) is 0 Å². The molecule has 0 atom stereocenters. The summed E-state index contributed by atoms with van der Waals surface area (Å²) >= 11 is 0. The maximum atomic E-state index is 3.79. The maximum Gasteiger partial charge on any atom is 0.113 e. The third kappa shape index (κ3) is 3.16. The first kappa shape index (κ1) is 9.60. The average molecular weight is 174 g/mol. The standard InChI is InChI=1S/C11H14N2/c1-3-11(4-2)6-5-8-13-9-7-12-10-13/h3,5-6,10H,4,8H2,1-2H3/b6-5-,11-3-. The third-order valence-electron chi connectivity index (χ3n) is 1.87. The predicted molar refractivity (Wildman–Crippen MR) is 53.1 cm³/mol. The van der Waals surface area contributed by atoms with Gasteiger partial charge in [-0.05, 0) is 13.3 Å². The van der Waals surface area contributed by atoms with Crippen LogP contribution in [0.5, 0.6) is 0 Å². The minimum atomic E-state index is 0.813. The van der Waals surface area contributed by atoms with E-state index in [2.05, 4.69) is 49.5 Å². The van der Waals surface area contributed by atoms with Crippen molar-refractivity contribution in [2.75, 3.05) is 0 Å². The van der Waals surface area contributed by atoms with E-state index in [4.69, 9.17) is 0 Å². The number of nitrogens with zero attached hydrogens (tertiary/aromatic N) is 2. The van der Waals surface area contributed by atoms with Crippen molar-refractivity contribution < 1.29 is 0 Å². The molecule has 0 N–H and O–H groups in total. The quantitative estimate of drug-likeness (QED) is 0.641. The first-order chi connectivity index (χ1) is 6.36. The van der Waals surface area contributed by atoms with Gasteiger partial charge in [0.05, 0.1) is 12.7 Å². The van der Waals surface area contributed by atoms with Crippen molar-refractivity contribution in [1.82, 2.24) is 9.55 Å². The third-order valence-corrected chi connectivity index (χ3v) is 1.87. The Morgan fingerprint density at radius 1 is 1.62 bits per heavy atom. The lowest BCUT2D eigenvalue weighted by Gasteiger charge is -1.95. The highest BCUT2D eigenvalue weighted by molar-refractivity contribution is 5.16. The zero-order valence-corrected chi connectivity index (χ0v) is 8.12. The van der Waals surface area contributed by atoms with E-state index >= 15 is 0 Å². The molecule has 1 aromatic heterocycles. The summed E-state index contributed by atoms with van der Waals surface area (Å²) in [6.45, 7) is 5.02. The molecule has 1 rings (SSSR count). The smallest absolute Gasteiger partial charge is 0.113 e. The van der Waals surface area contributed by atoms with Gasteiger partial charge in [0.15, 0.2) is 0 Å². The van der Waals surface area contributed by atoms with Gasteiger partial charge in [0, 0.05) is 6.20 Å². The van der Waals surface area contributed by atoms with Crippen LogP contribution >= 0.6 is 0 Å². The zero-order valence-electron chi connectivity index (χ0n) is 8.12. The van der Waals surface area contributed by atoms with Gasteiger partial charge >= 0.3 is 0 Å². The second-order valence-electron chi connectivity index (χ2n) is 2.74. The fourth-order valence-corrected chi connectivity index (χ4v) is 1.05. The molecule has 2 nitrogen and oxygen atoms in total. The van der Waals surface area contributed by atoms with Crippen molar-refractivity contribution in [2.24, 2.45) is 0 Å². The summed E-state index contributed by atoms with van der Waals surface area (Å²) in [5.74, 6) is 0. The first-order valence-electron chi connectivity index (χ1n) is 4.49. The second kappa shape index (κ2) is 5.21. The van der Waals surface area contributed by atoms with Crippen LogP contribution < -0.4 is 0 Å². The molecule has 0 fully saturated rings. The molecule has 0 spiro atoms. The summed E-state index contributed by atoms with van der Waals surface area (Å²) in [7, 11) is 0. The molecule has 0 aliphatic heterocycles. The lowest BCUT2D eigenvalue weighted by Crippen LogP contribution is -1.89. The Balaban J connectivity index is 2.42. The normalized spacial score (nSPS) is 12.0. The molecular formula is C11H14N2. The van der Waals surface area contributed by atoms with Gasteiger partial charge in [-0.3, -0.25) is 4.57 Å². The monoisotopic (exact) mass is 174 g/mol. The van der Waals surface area contributed by atoms with E-state index in [1.165, 1.54) is 5.57 Å². The van der Waals surface area contributed by atoms with Crippen molar-refractivity contribution in [2.45, 2.75) is 26.8 Å². The molecule has 2 heteroatoms. The van der Waals surface area contributed by atoms with Crippen LogP contribution in [0.25, 0.3) is 0 Å². The number of hydrogen-bond donors (Lipinski definition) is 0. The Labute approximate surface area is 79.6 Å². The molecular weight excluding hydrogens is 160 g/mol. The van der Waals surface area contributed by atoms with Crippen LogP contribution in [-0.2, 0) is 6.54 Å². The molecule has 68 valence electrons. The topological polar surface area (TPSA) is 17.8 Å². The van der Waals surface area contributed by atoms with Crippen molar-refractivity contribution >= 4 is 0 Å². The minimum absolute atomic E-state index is 0.813. The van der Waals surface area contributed by atoms with E-state index in [9.17, 15) is 0 Å². The summed E-state index contributed by atoms with van der Waals surface area (Å²) in [6.07, 6.45) is 14.6. The van der Waals surface area contributed by atoms with E-state index in [0.717, 1.165) is 13.0 Å². The van der Waals surface area contributed by atoms with Gasteiger partial charge in [0.25, 0.3) is 0 Å².